The normalized spacial score (nSPS) is 12.1. The van der Waals surface area contributed by atoms with Gasteiger partial charge in [-0.25, -0.2) is 0 Å². The number of unbranched alkanes of at least 4 members (excludes halogenated alkanes) is 9. The van der Waals surface area contributed by atoms with Crippen LogP contribution in [0.2, 0.25) is 0 Å². The molecule has 0 heterocycles. The molecular formula is C16H31BrN2O2. The topological polar surface area (TPSA) is 72.2 Å². The number of carbonyl (C=O) groups excluding carboxylic acids is 2. The smallest absolute Gasteiger partial charge is 0.240 e. The summed E-state index contributed by atoms with van der Waals surface area (Å²) in [4.78, 5) is 22.3. The van der Waals surface area contributed by atoms with Gasteiger partial charge in [0.25, 0.3) is 0 Å². The molecule has 0 aromatic heterocycles. The SMILES string of the molecule is CCCCCCCCCCCCC(Br)C(=O)NC(=O)CN. The Balaban J connectivity index is 3.37. The Morgan fingerprint density at radius 1 is 0.952 bits per heavy atom. The van der Waals surface area contributed by atoms with Crippen LogP contribution in [0.15, 0.2) is 0 Å². The number of amides is 2. The molecule has 0 saturated carbocycles. The van der Waals surface area contributed by atoms with E-state index in [-0.39, 0.29) is 17.3 Å². The average molecular weight is 363 g/mol. The van der Waals surface area contributed by atoms with Crippen LogP contribution in [0.1, 0.15) is 77.6 Å². The van der Waals surface area contributed by atoms with E-state index in [1.807, 2.05) is 0 Å². The van der Waals surface area contributed by atoms with Crippen LogP contribution < -0.4 is 11.1 Å². The number of nitrogens with one attached hydrogen (secondary N) is 1. The van der Waals surface area contributed by atoms with Crippen molar-refractivity contribution in [2.24, 2.45) is 5.73 Å². The van der Waals surface area contributed by atoms with E-state index < -0.39 is 5.91 Å². The first-order valence-electron chi connectivity index (χ1n) is 8.29. The van der Waals surface area contributed by atoms with Crippen molar-refractivity contribution in [3.05, 3.63) is 0 Å². The minimum atomic E-state index is -0.424. The van der Waals surface area contributed by atoms with Crippen molar-refractivity contribution in [1.29, 1.82) is 0 Å². The van der Waals surface area contributed by atoms with Gasteiger partial charge in [0, 0.05) is 0 Å². The molecule has 1 unspecified atom stereocenters. The standard InChI is InChI=1S/C16H31BrN2O2/c1-2-3-4-5-6-7-8-9-10-11-12-14(17)16(21)19-15(20)13-18/h14H,2-13,18H2,1H3,(H,19,20,21). The van der Waals surface area contributed by atoms with E-state index in [0.29, 0.717) is 0 Å². The van der Waals surface area contributed by atoms with Crippen molar-refractivity contribution in [3.8, 4) is 0 Å². The predicted molar refractivity (Wildman–Crippen MR) is 91.4 cm³/mol. The number of alkyl halides is 1. The molecule has 0 spiro atoms. The lowest BCUT2D eigenvalue weighted by Crippen LogP contribution is -2.39. The van der Waals surface area contributed by atoms with Gasteiger partial charge in [0.15, 0.2) is 0 Å². The highest BCUT2D eigenvalue weighted by molar-refractivity contribution is 9.10. The predicted octanol–water partition coefficient (Wildman–Crippen LogP) is 3.66. The minimum absolute atomic E-state index is 0.149. The quantitative estimate of drug-likeness (QED) is 0.387. The van der Waals surface area contributed by atoms with Crippen LogP contribution in [-0.2, 0) is 9.59 Å². The molecule has 0 aliphatic carbocycles. The summed E-state index contributed by atoms with van der Waals surface area (Å²) in [5, 5.41) is 2.27. The second kappa shape index (κ2) is 14.5. The molecule has 0 aromatic rings. The first kappa shape index (κ1) is 20.6. The van der Waals surface area contributed by atoms with Crippen LogP contribution in [0.3, 0.4) is 0 Å². The average Bonchev–Trinajstić information content (AvgIpc) is 2.48. The molecule has 0 bridgehead atoms. The van der Waals surface area contributed by atoms with Crippen LogP contribution in [0, 0.1) is 0 Å². The van der Waals surface area contributed by atoms with E-state index in [2.05, 4.69) is 28.2 Å². The lowest BCUT2D eigenvalue weighted by Gasteiger charge is -2.09. The van der Waals surface area contributed by atoms with Crippen LogP contribution in [-0.4, -0.2) is 23.2 Å². The summed E-state index contributed by atoms with van der Waals surface area (Å²) in [6, 6.07) is 0. The Bertz CT molecular complexity index is 285. The van der Waals surface area contributed by atoms with Crippen molar-refractivity contribution < 1.29 is 9.59 Å². The molecule has 5 heteroatoms. The van der Waals surface area contributed by atoms with E-state index in [1.54, 1.807) is 0 Å². The number of hydrogen-bond acceptors (Lipinski definition) is 3. The van der Waals surface area contributed by atoms with Gasteiger partial charge in [0.2, 0.25) is 11.8 Å². The van der Waals surface area contributed by atoms with Gasteiger partial charge in [-0.2, -0.15) is 0 Å². The van der Waals surface area contributed by atoms with Crippen molar-refractivity contribution in [3.63, 3.8) is 0 Å². The maximum atomic E-state index is 11.6. The van der Waals surface area contributed by atoms with E-state index >= 15 is 0 Å². The molecule has 0 aromatic carbocycles. The van der Waals surface area contributed by atoms with Gasteiger partial charge in [0.1, 0.15) is 0 Å². The molecule has 0 fully saturated rings. The fourth-order valence-electron chi connectivity index (χ4n) is 2.21. The second-order valence-corrected chi connectivity index (χ2v) is 6.66. The van der Waals surface area contributed by atoms with Crippen molar-refractivity contribution in [1.82, 2.24) is 5.32 Å². The summed E-state index contributed by atoms with van der Waals surface area (Å²) >= 11 is 3.31. The summed E-state index contributed by atoms with van der Waals surface area (Å²) in [5.41, 5.74) is 5.15. The van der Waals surface area contributed by atoms with Crippen LogP contribution in [0.5, 0.6) is 0 Å². The Hall–Kier alpha value is -0.420. The first-order chi connectivity index (χ1) is 10.1. The third-order valence-corrected chi connectivity index (χ3v) is 4.42. The zero-order chi connectivity index (χ0) is 15.9. The summed E-state index contributed by atoms with van der Waals surface area (Å²) < 4.78 is 0. The van der Waals surface area contributed by atoms with E-state index in [4.69, 9.17) is 5.73 Å². The lowest BCUT2D eigenvalue weighted by atomic mass is 10.1. The fraction of sp³-hybridized carbons (Fsp3) is 0.875. The molecule has 21 heavy (non-hydrogen) atoms. The maximum absolute atomic E-state index is 11.6. The molecule has 2 amide bonds. The van der Waals surface area contributed by atoms with Gasteiger partial charge in [0.05, 0.1) is 11.4 Å². The van der Waals surface area contributed by atoms with Gasteiger partial charge in [-0.05, 0) is 6.42 Å². The van der Waals surface area contributed by atoms with Gasteiger partial charge in [-0.3, -0.25) is 14.9 Å². The van der Waals surface area contributed by atoms with E-state index in [0.717, 1.165) is 19.3 Å². The highest BCUT2D eigenvalue weighted by Gasteiger charge is 2.15. The van der Waals surface area contributed by atoms with Crippen molar-refractivity contribution >= 4 is 27.7 Å². The van der Waals surface area contributed by atoms with Crippen molar-refractivity contribution in [2.45, 2.75) is 82.4 Å². The van der Waals surface area contributed by atoms with E-state index in [9.17, 15) is 9.59 Å². The van der Waals surface area contributed by atoms with Crippen molar-refractivity contribution in [2.75, 3.05) is 6.54 Å². The third-order valence-electron chi connectivity index (χ3n) is 3.54. The molecule has 4 nitrogen and oxygen atoms in total. The summed E-state index contributed by atoms with van der Waals surface area (Å²) in [6.07, 6.45) is 13.5. The summed E-state index contributed by atoms with van der Waals surface area (Å²) in [6.45, 7) is 2.09. The molecule has 0 aliphatic rings. The molecule has 1 atom stereocenters. The Labute approximate surface area is 137 Å². The highest BCUT2D eigenvalue weighted by atomic mass is 79.9. The molecule has 3 N–H and O–H groups in total. The number of halogens is 1. The second-order valence-electron chi connectivity index (χ2n) is 5.55. The minimum Gasteiger partial charge on any atom is -0.322 e. The van der Waals surface area contributed by atoms with E-state index in [1.165, 1.54) is 51.4 Å². The van der Waals surface area contributed by atoms with Crippen LogP contribution in [0.25, 0.3) is 0 Å². The van der Waals surface area contributed by atoms with Gasteiger partial charge < -0.3 is 5.73 Å². The Morgan fingerprint density at radius 2 is 1.43 bits per heavy atom. The van der Waals surface area contributed by atoms with Gasteiger partial charge in [-0.15, -0.1) is 0 Å². The fourth-order valence-corrected chi connectivity index (χ4v) is 2.65. The number of hydrogen-bond donors (Lipinski definition) is 2. The zero-order valence-corrected chi connectivity index (χ0v) is 14.9. The molecule has 0 aliphatic heterocycles. The molecule has 0 rings (SSSR count). The number of imide groups is 1. The Morgan fingerprint density at radius 3 is 1.90 bits per heavy atom. The Kier molecular flexibility index (Phi) is 14.2. The number of nitrogens with two attached hydrogens (primary N) is 1. The monoisotopic (exact) mass is 362 g/mol. The molecular weight excluding hydrogens is 332 g/mol. The third kappa shape index (κ3) is 13.0. The molecule has 124 valence electrons. The molecule has 0 saturated heterocycles. The van der Waals surface area contributed by atoms with Crippen LogP contribution in [0.4, 0.5) is 0 Å². The van der Waals surface area contributed by atoms with Gasteiger partial charge >= 0.3 is 0 Å². The summed E-state index contributed by atoms with van der Waals surface area (Å²) in [5.74, 6) is -0.700. The van der Waals surface area contributed by atoms with Gasteiger partial charge in [-0.1, -0.05) is 87.1 Å². The lowest BCUT2D eigenvalue weighted by molar-refractivity contribution is -0.129. The molecule has 0 radical (unpaired) electrons. The van der Waals surface area contributed by atoms with Crippen LogP contribution >= 0.6 is 15.9 Å². The number of carbonyl (C=O) groups is 2. The zero-order valence-electron chi connectivity index (χ0n) is 13.3. The maximum Gasteiger partial charge on any atom is 0.240 e. The number of rotatable bonds is 13. The highest BCUT2D eigenvalue weighted by Crippen LogP contribution is 2.14. The first-order valence-corrected chi connectivity index (χ1v) is 9.21. The summed E-state index contributed by atoms with van der Waals surface area (Å²) in [7, 11) is 0. The largest absolute Gasteiger partial charge is 0.322 e.